The second-order valence-electron chi connectivity index (χ2n) is 15.3. The SMILES string of the molecule is COC(=O)N[C@H](C(=O)N1CCC[C@H]1CNC(=O)c1cnc2cc(-c3ccc(-c4cnc([C@@H]5CCCN5C(=O)[C@@H](NC(=O)OC)C(C)C)[nH]4)cc3)ccc2c1)C(C)C. The van der Waals surface area contributed by atoms with Crippen molar-refractivity contribution < 1.29 is 33.4 Å². The maximum absolute atomic E-state index is 13.5. The third-order valence-corrected chi connectivity index (χ3v) is 10.9. The van der Waals surface area contributed by atoms with Gasteiger partial charge in [0.25, 0.3) is 5.91 Å². The predicted octanol–water partition coefficient (Wildman–Crippen LogP) is 5.44. The van der Waals surface area contributed by atoms with Crippen LogP contribution in [0.2, 0.25) is 0 Å². The number of H-pyrrole nitrogens is 1. The molecule has 57 heavy (non-hydrogen) atoms. The number of methoxy groups -OCH3 is 2. The van der Waals surface area contributed by atoms with Crippen LogP contribution in [0.3, 0.4) is 0 Å². The maximum atomic E-state index is 13.5. The number of carbonyl (C=O) groups excluding carboxylic acids is 5. The van der Waals surface area contributed by atoms with Crippen LogP contribution in [0.1, 0.15) is 75.6 Å². The molecule has 302 valence electrons. The lowest BCUT2D eigenvalue weighted by atomic mass is 10.0. The first-order chi connectivity index (χ1) is 27.4. The first-order valence-electron chi connectivity index (χ1n) is 19.5. The Morgan fingerprint density at radius 2 is 1.35 bits per heavy atom. The number of aromatic nitrogens is 3. The van der Waals surface area contributed by atoms with Crippen LogP contribution in [0.15, 0.2) is 60.9 Å². The molecule has 4 atom stereocenters. The van der Waals surface area contributed by atoms with Crippen molar-refractivity contribution in [2.24, 2.45) is 11.8 Å². The summed E-state index contributed by atoms with van der Waals surface area (Å²) in [5, 5.41) is 9.13. The molecular formula is C42H52N8O7. The summed E-state index contributed by atoms with van der Waals surface area (Å²) in [6.07, 6.45) is 5.21. The lowest BCUT2D eigenvalue weighted by molar-refractivity contribution is -0.136. The molecule has 2 aliphatic rings. The number of likely N-dealkylation sites (tertiary alicyclic amines) is 2. The molecule has 2 aromatic heterocycles. The number of alkyl carbamates (subject to hydrolysis) is 2. The zero-order chi connectivity index (χ0) is 40.8. The number of pyridine rings is 1. The van der Waals surface area contributed by atoms with Crippen LogP contribution in [-0.4, -0.2) is 107 Å². The van der Waals surface area contributed by atoms with Crippen molar-refractivity contribution in [2.45, 2.75) is 77.5 Å². The summed E-state index contributed by atoms with van der Waals surface area (Å²) in [7, 11) is 2.55. The second kappa shape index (κ2) is 17.9. The first-order valence-corrected chi connectivity index (χ1v) is 19.5. The molecule has 2 saturated heterocycles. The number of aromatic amines is 1. The van der Waals surface area contributed by atoms with Crippen LogP contribution >= 0.6 is 0 Å². The van der Waals surface area contributed by atoms with Crippen LogP contribution in [0.25, 0.3) is 33.3 Å². The Morgan fingerprint density at radius 1 is 0.754 bits per heavy atom. The number of benzene rings is 2. The highest BCUT2D eigenvalue weighted by atomic mass is 16.5. The zero-order valence-corrected chi connectivity index (χ0v) is 33.3. The molecule has 0 bridgehead atoms. The fourth-order valence-corrected chi connectivity index (χ4v) is 7.64. The van der Waals surface area contributed by atoms with Gasteiger partial charge in [0.15, 0.2) is 0 Å². The van der Waals surface area contributed by atoms with Crippen LogP contribution < -0.4 is 16.0 Å². The van der Waals surface area contributed by atoms with Crippen molar-refractivity contribution in [3.05, 3.63) is 72.3 Å². The summed E-state index contributed by atoms with van der Waals surface area (Å²) in [4.78, 5) is 80.2. The third-order valence-electron chi connectivity index (χ3n) is 10.9. The number of fused-ring (bicyclic) bond motifs is 1. The van der Waals surface area contributed by atoms with Gasteiger partial charge >= 0.3 is 12.2 Å². The van der Waals surface area contributed by atoms with Gasteiger partial charge < -0.3 is 40.2 Å². The van der Waals surface area contributed by atoms with Gasteiger partial charge in [0.1, 0.15) is 17.9 Å². The van der Waals surface area contributed by atoms with E-state index in [-0.39, 0.29) is 48.2 Å². The molecule has 0 unspecified atom stereocenters. The molecular weight excluding hydrogens is 729 g/mol. The molecule has 4 aromatic rings. The van der Waals surface area contributed by atoms with E-state index in [0.717, 1.165) is 59.0 Å². The lowest BCUT2D eigenvalue weighted by Gasteiger charge is -2.30. The Kier molecular flexibility index (Phi) is 12.7. The van der Waals surface area contributed by atoms with Gasteiger partial charge in [-0.05, 0) is 66.3 Å². The molecule has 0 radical (unpaired) electrons. The summed E-state index contributed by atoms with van der Waals surface area (Å²) >= 11 is 0. The fraction of sp³-hybridized carbons (Fsp3) is 0.452. The second-order valence-corrected chi connectivity index (χ2v) is 15.3. The smallest absolute Gasteiger partial charge is 0.407 e. The highest BCUT2D eigenvalue weighted by Crippen LogP contribution is 2.33. The predicted molar refractivity (Wildman–Crippen MR) is 214 cm³/mol. The van der Waals surface area contributed by atoms with E-state index in [0.29, 0.717) is 24.5 Å². The molecule has 2 aliphatic heterocycles. The minimum absolute atomic E-state index is 0.116. The van der Waals surface area contributed by atoms with Gasteiger partial charge in [-0.3, -0.25) is 19.4 Å². The average molecular weight is 781 g/mol. The molecule has 4 heterocycles. The lowest BCUT2D eigenvalue weighted by Crippen LogP contribution is -2.54. The molecule has 6 rings (SSSR count). The molecule has 4 N–H and O–H groups in total. The molecule has 0 aliphatic carbocycles. The van der Waals surface area contributed by atoms with Crippen LogP contribution in [-0.2, 0) is 19.1 Å². The summed E-state index contributed by atoms with van der Waals surface area (Å²) in [6, 6.07) is 14.0. The number of imidazole rings is 1. The molecule has 0 spiro atoms. The van der Waals surface area contributed by atoms with Gasteiger partial charge in [-0.2, -0.15) is 0 Å². The van der Waals surface area contributed by atoms with Crippen molar-refractivity contribution in [3.8, 4) is 22.4 Å². The minimum atomic E-state index is -0.720. The highest BCUT2D eigenvalue weighted by molar-refractivity contribution is 5.98. The van der Waals surface area contributed by atoms with Crippen LogP contribution in [0, 0.1) is 11.8 Å². The summed E-state index contributed by atoms with van der Waals surface area (Å²) in [5.41, 5.74) is 4.90. The van der Waals surface area contributed by atoms with Crippen molar-refractivity contribution in [2.75, 3.05) is 33.9 Å². The van der Waals surface area contributed by atoms with Gasteiger partial charge in [0.05, 0.1) is 43.2 Å². The number of ether oxygens (including phenoxy) is 2. The van der Waals surface area contributed by atoms with E-state index in [4.69, 9.17) is 9.47 Å². The van der Waals surface area contributed by atoms with E-state index in [1.807, 2.05) is 76.2 Å². The number of nitrogens with one attached hydrogen (secondary N) is 4. The molecule has 5 amide bonds. The Balaban J connectivity index is 1.08. The molecule has 0 saturated carbocycles. The molecule has 2 aromatic carbocycles. The standard InChI is InChI=1S/C42H52N8O7/c1-24(2)35(47-41(54)56-5)39(52)49-17-7-9-31(49)22-45-38(51)30-19-29-16-15-28(20-32(29)43-21-30)26-11-13-27(14-12-26)33-23-44-37(46-33)34-10-8-18-50(34)40(53)36(25(3)4)48-42(55)57-6/h11-16,19-21,23-25,31,34-36H,7-10,17-18,22H2,1-6H3,(H,44,46)(H,45,51)(H,47,54)(H,48,55)/t31-,34-,35-,36-/m0/s1. The minimum Gasteiger partial charge on any atom is -0.453 e. The third kappa shape index (κ3) is 9.19. The van der Waals surface area contributed by atoms with E-state index in [2.05, 4.69) is 30.9 Å². The Hall–Kier alpha value is -5.99. The van der Waals surface area contributed by atoms with Gasteiger partial charge in [0.2, 0.25) is 11.8 Å². The fourth-order valence-electron chi connectivity index (χ4n) is 7.64. The van der Waals surface area contributed by atoms with Gasteiger partial charge in [-0.1, -0.05) is 64.1 Å². The van der Waals surface area contributed by atoms with Crippen LogP contribution in [0.4, 0.5) is 9.59 Å². The Morgan fingerprint density at radius 3 is 2.00 bits per heavy atom. The van der Waals surface area contributed by atoms with E-state index in [1.165, 1.54) is 14.2 Å². The van der Waals surface area contributed by atoms with Crippen LogP contribution in [0.5, 0.6) is 0 Å². The van der Waals surface area contributed by atoms with Crippen molar-refractivity contribution in [3.63, 3.8) is 0 Å². The summed E-state index contributed by atoms with van der Waals surface area (Å²) in [6.45, 7) is 8.93. The molecule has 15 nitrogen and oxygen atoms in total. The van der Waals surface area contributed by atoms with E-state index < -0.39 is 24.3 Å². The number of hydrogen-bond acceptors (Lipinski definition) is 9. The Labute approximate surface area is 332 Å². The first kappa shape index (κ1) is 40.7. The number of carbonyl (C=O) groups is 5. The van der Waals surface area contributed by atoms with E-state index in [1.54, 1.807) is 22.2 Å². The highest BCUT2D eigenvalue weighted by Gasteiger charge is 2.38. The topological polar surface area (TPSA) is 188 Å². The molecule has 15 heteroatoms. The van der Waals surface area contributed by atoms with Crippen molar-refractivity contribution >= 4 is 40.8 Å². The molecule has 2 fully saturated rings. The van der Waals surface area contributed by atoms with Gasteiger partial charge in [0, 0.05) is 37.3 Å². The normalized spacial score (nSPS) is 17.8. The summed E-state index contributed by atoms with van der Waals surface area (Å²) in [5.74, 6) is -0.164. The Bertz CT molecular complexity index is 2100. The van der Waals surface area contributed by atoms with Gasteiger partial charge in [-0.15, -0.1) is 0 Å². The number of rotatable bonds is 12. The number of nitrogens with zero attached hydrogens (tertiary/aromatic N) is 4. The van der Waals surface area contributed by atoms with E-state index in [9.17, 15) is 24.0 Å². The van der Waals surface area contributed by atoms with E-state index >= 15 is 0 Å². The average Bonchev–Trinajstić information content (AvgIpc) is 4.01. The number of hydrogen-bond donors (Lipinski definition) is 4. The van der Waals surface area contributed by atoms with Gasteiger partial charge in [-0.25, -0.2) is 14.6 Å². The number of amides is 5. The monoisotopic (exact) mass is 780 g/mol. The van der Waals surface area contributed by atoms with Crippen molar-refractivity contribution in [1.29, 1.82) is 0 Å². The van der Waals surface area contributed by atoms with Crippen molar-refractivity contribution in [1.82, 2.24) is 40.7 Å². The zero-order valence-electron chi connectivity index (χ0n) is 33.3. The largest absolute Gasteiger partial charge is 0.453 e. The quantitative estimate of drug-likeness (QED) is 0.145. The maximum Gasteiger partial charge on any atom is 0.407 e. The summed E-state index contributed by atoms with van der Waals surface area (Å²) < 4.78 is 9.46.